The van der Waals surface area contributed by atoms with Gasteiger partial charge in [0.25, 0.3) is 0 Å². The molecule has 1 unspecified atom stereocenters. The fourth-order valence-electron chi connectivity index (χ4n) is 3.36. The summed E-state index contributed by atoms with van der Waals surface area (Å²) < 4.78 is 0. The summed E-state index contributed by atoms with van der Waals surface area (Å²) in [5, 5.41) is 8.58. The Morgan fingerprint density at radius 2 is 2.08 bits per heavy atom. The highest BCUT2D eigenvalue weighted by atomic mass is 32.1. The lowest BCUT2D eigenvalue weighted by Gasteiger charge is -2.34. The minimum absolute atomic E-state index is 0.0145. The van der Waals surface area contributed by atoms with E-state index >= 15 is 0 Å². The summed E-state index contributed by atoms with van der Waals surface area (Å²) in [6.07, 6.45) is 3.67. The van der Waals surface area contributed by atoms with E-state index in [9.17, 15) is 4.79 Å². The quantitative estimate of drug-likeness (QED) is 0.792. The maximum atomic E-state index is 12.6. The minimum atomic E-state index is 0.0145. The molecule has 0 spiro atoms. The molecule has 2 heterocycles. The van der Waals surface area contributed by atoms with Gasteiger partial charge in [-0.2, -0.15) is 0 Å². The van der Waals surface area contributed by atoms with Crippen LogP contribution in [0.2, 0.25) is 0 Å². The third-order valence-corrected chi connectivity index (χ3v) is 5.81. The molecule has 24 heavy (non-hydrogen) atoms. The van der Waals surface area contributed by atoms with Crippen LogP contribution in [0.5, 0.6) is 0 Å². The van der Waals surface area contributed by atoms with Crippen molar-refractivity contribution in [2.45, 2.75) is 46.1 Å². The summed E-state index contributed by atoms with van der Waals surface area (Å²) >= 11 is 1.72. The van der Waals surface area contributed by atoms with Gasteiger partial charge >= 0.3 is 0 Å². The number of nitrogens with one attached hydrogen (secondary N) is 2. The Morgan fingerprint density at radius 3 is 2.62 bits per heavy atom. The summed E-state index contributed by atoms with van der Waals surface area (Å²) in [6, 6.07) is 4.26. The van der Waals surface area contributed by atoms with E-state index < -0.39 is 0 Å². The SMILES string of the molecule is CNCCC1CCN(CC(=O)NC(c2cccs2)C(C)(C)C)CC1. The van der Waals surface area contributed by atoms with Gasteiger partial charge in [-0.1, -0.05) is 26.8 Å². The maximum Gasteiger partial charge on any atom is 0.234 e. The van der Waals surface area contributed by atoms with Crippen LogP contribution in [-0.2, 0) is 4.79 Å². The lowest BCUT2D eigenvalue weighted by atomic mass is 9.85. The van der Waals surface area contributed by atoms with Crippen molar-refractivity contribution in [3.8, 4) is 0 Å². The predicted octanol–water partition coefficient (Wildman–Crippen LogP) is 3.27. The van der Waals surface area contributed by atoms with E-state index in [0.717, 1.165) is 25.6 Å². The largest absolute Gasteiger partial charge is 0.347 e. The average molecular weight is 352 g/mol. The number of thiophene rings is 1. The first-order chi connectivity index (χ1) is 11.4. The molecular weight excluding hydrogens is 318 g/mol. The zero-order chi connectivity index (χ0) is 17.6. The number of hydrogen-bond acceptors (Lipinski definition) is 4. The summed E-state index contributed by atoms with van der Waals surface area (Å²) in [5.41, 5.74) is 0.0145. The molecule has 1 aromatic rings. The molecule has 2 rings (SSSR count). The van der Waals surface area contributed by atoms with Crippen molar-refractivity contribution in [3.63, 3.8) is 0 Å². The standard InChI is InChI=1S/C19H33N3OS/c1-19(2,3)18(16-6-5-13-24-16)21-17(23)14-22-11-8-15(9-12-22)7-10-20-4/h5-6,13,15,18,20H,7-12,14H2,1-4H3,(H,21,23). The number of amides is 1. The molecule has 0 aromatic carbocycles. The second-order valence-electron chi connectivity index (χ2n) is 7.99. The zero-order valence-corrected chi connectivity index (χ0v) is 16.4. The molecule has 0 radical (unpaired) electrons. The fraction of sp³-hybridized carbons (Fsp3) is 0.737. The van der Waals surface area contributed by atoms with Crippen LogP contribution >= 0.6 is 11.3 Å². The smallest absolute Gasteiger partial charge is 0.234 e. The van der Waals surface area contributed by atoms with Crippen LogP contribution in [0.15, 0.2) is 17.5 Å². The Labute approximate surface area is 151 Å². The number of likely N-dealkylation sites (tertiary alicyclic amines) is 1. The molecule has 1 amide bonds. The van der Waals surface area contributed by atoms with Crippen LogP contribution in [0, 0.1) is 11.3 Å². The molecule has 0 aliphatic carbocycles. The lowest BCUT2D eigenvalue weighted by Crippen LogP contribution is -2.44. The van der Waals surface area contributed by atoms with E-state index in [0.29, 0.717) is 6.54 Å². The zero-order valence-electron chi connectivity index (χ0n) is 15.6. The molecule has 2 N–H and O–H groups in total. The van der Waals surface area contributed by atoms with Crippen LogP contribution in [-0.4, -0.2) is 44.0 Å². The predicted molar refractivity (Wildman–Crippen MR) is 102 cm³/mol. The molecule has 5 heteroatoms. The normalized spacial score (nSPS) is 18.5. The number of nitrogens with zero attached hydrogens (tertiary/aromatic N) is 1. The van der Waals surface area contributed by atoms with Crippen molar-refractivity contribution in [2.75, 3.05) is 33.2 Å². The Hall–Kier alpha value is -0.910. The van der Waals surface area contributed by atoms with E-state index in [1.165, 1.54) is 24.1 Å². The Bertz CT molecular complexity index is 487. The fourth-order valence-corrected chi connectivity index (χ4v) is 4.38. The average Bonchev–Trinajstić information content (AvgIpc) is 3.05. The summed E-state index contributed by atoms with van der Waals surface area (Å²) in [4.78, 5) is 16.1. The number of carbonyl (C=O) groups is 1. The molecule has 4 nitrogen and oxygen atoms in total. The van der Waals surface area contributed by atoms with Crippen molar-refractivity contribution in [1.82, 2.24) is 15.5 Å². The maximum absolute atomic E-state index is 12.6. The van der Waals surface area contributed by atoms with Gasteiger partial charge in [-0.05, 0) is 68.7 Å². The Morgan fingerprint density at radius 1 is 1.38 bits per heavy atom. The van der Waals surface area contributed by atoms with E-state index in [2.05, 4.69) is 53.8 Å². The van der Waals surface area contributed by atoms with Crippen LogP contribution in [0.1, 0.15) is 51.0 Å². The number of rotatable bonds is 7. The van der Waals surface area contributed by atoms with Gasteiger partial charge in [-0.15, -0.1) is 11.3 Å². The molecule has 1 atom stereocenters. The van der Waals surface area contributed by atoms with Crippen molar-refractivity contribution >= 4 is 17.2 Å². The highest BCUT2D eigenvalue weighted by molar-refractivity contribution is 7.10. The van der Waals surface area contributed by atoms with E-state index in [1.807, 2.05) is 7.05 Å². The second-order valence-corrected chi connectivity index (χ2v) is 8.97. The first kappa shape index (κ1) is 19.4. The van der Waals surface area contributed by atoms with Gasteiger partial charge in [-0.25, -0.2) is 0 Å². The van der Waals surface area contributed by atoms with Gasteiger partial charge in [0.15, 0.2) is 0 Å². The minimum Gasteiger partial charge on any atom is -0.347 e. The van der Waals surface area contributed by atoms with Gasteiger partial charge < -0.3 is 10.6 Å². The third kappa shape index (κ3) is 5.87. The Kier molecular flexibility index (Phi) is 7.26. The first-order valence-corrected chi connectivity index (χ1v) is 9.98. The van der Waals surface area contributed by atoms with Crippen LogP contribution in [0.3, 0.4) is 0 Å². The van der Waals surface area contributed by atoms with Crippen LogP contribution in [0.25, 0.3) is 0 Å². The molecule has 136 valence electrons. The van der Waals surface area contributed by atoms with E-state index in [1.54, 1.807) is 11.3 Å². The van der Waals surface area contributed by atoms with E-state index in [4.69, 9.17) is 0 Å². The van der Waals surface area contributed by atoms with Gasteiger partial charge in [0.2, 0.25) is 5.91 Å². The van der Waals surface area contributed by atoms with Gasteiger partial charge in [0.1, 0.15) is 0 Å². The third-order valence-electron chi connectivity index (χ3n) is 4.88. The van der Waals surface area contributed by atoms with Crippen molar-refractivity contribution in [2.24, 2.45) is 11.3 Å². The summed E-state index contributed by atoms with van der Waals surface area (Å²) in [7, 11) is 2.01. The highest BCUT2D eigenvalue weighted by Crippen LogP contribution is 2.35. The molecule has 1 aliphatic rings. The molecule has 1 aromatic heterocycles. The van der Waals surface area contributed by atoms with Gasteiger partial charge in [0.05, 0.1) is 12.6 Å². The molecule has 1 saturated heterocycles. The molecule has 0 bridgehead atoms. The highest BCUT2D eigenvalue weighted by Gasteiger charge is 2.29. The van der Waals surface area contributed by atoms with Crippen molar-refractivity contribution in [3.05, 3.63) is 22.4 Å². The monoisotopic (exact) mass is 351 g/mol. The summed E-state index contributed by atoms with van der Waals surface area (Å²) in [5.74, 6) is 0.960. The lowest BCUT2D eigenvalue weighted by molar-refractivity contribution is -0.124. The van der Waals surface area contributed by atoms with E-state index in [-0.39, 0.29) is 17.4 Å². The number of piperidine rings is 1. The summed E-state index contributed by atoms with van der Waals surface area (Å²) in [6.45, 7) is 10.3. The van der Waals surface area contributed by atoms with Gasteiger partial charge in [0, 0.05) is 4.88 Å². The van der Waals surface area contributed by atoms with Gasteiger partial charge in [-0.3, -0.25) is 9.69 Å². The molecule has 1 aliphatic heterocycles. The van der Waals surface area contributed by atoms with Crippen molar-refractivity contribution < 1.29 is 4.79 Å². The van der Waals surface area contributed by atoms with Crippen LogP contribution < -0.4 is 10.6 Å². The molecule has 0 saturated carbocycles. The number of carbonyl (C=O) groups excluding carboxylic acids is 1. The molecular formula is C19H33N3OS. The van der Waals surface area contributed by atoms with Crippen LogP contribution in [0.4, 0.5) is 0 Å². The number of hydrogen-bond donors (Lipinski definition) is 2. The molecule has 1 fully saturated rings. The topological polar surface area (TPSA) is 44.4 Å². The van der Waals surface area contributed by atoms with Crippen molar-refractivity contribution in [1.29, 1.82) is 0 Å². The Balaban J connectivity index is 1.82. The first-order valence-electron chi connectivity index (χ1n) is 9.10. The second kappa shape index (κ2) is 8.97.